The highest BCUT2D eigenvalue weighted by atomic mass is 19.1. The molecule has 0 spiro atoms. The molecule has 0 saturated heterocycles. The summed E-state index contributed by atoms with van der Waals surface area (Å²) < 4.78 is 27.0. The Morgan fingerprint density at radius 2 is 2.00 bits per heavy atom. The topological polar surface area (TPSA) is 41.6 Å². The predicted molar refractivity (Wildman–Crippen MR) is 63.1 cm³/mol. The van der Waals surface area contributed by atoms with Gasteiger partial charge in [-0.25, -0.2) is 14.4 Å². The lowest BCUT2D eigenvalue weighted by Gasteiger charge is -2.02. The first-order valence-corrected chi connectivity index (χ1v) is 5.45. The van der Waals surface area contributed by atoms with Crippen molar-refractivity contribution in [1.29, 1.82) is 0 Å². The largest absolute Gasteiger partial charge is 0.346 e. The highest BCUT2D eigenvalue weighted by molar-refractivity contribution is 5.79. The molecule has 0 unspecified atom stereocenters. The molecule has 0 bridgehead atoms. The SMILES string of the molecule is Fc1ccnc(F)c1Cc1c[nH]c2ncccc12. The molecule has 0 amide bonds. The summed E-state index contributed by atoms with van der Waals surface area (Å²) >= 11 is 0. The summed E-state index contributed by atoms with van der Waals surface area (Å²) in [7, 11) is 0. The van der Waals surface area contributed by atoms with Gasteiger partial charge in [-0.3, -0.25) is 0 Å². The first-order chi connectivity index (χ1) is 8.75. The van der Waals surface area contributed by atoms with Gasteiger partial charge in [0.1, 0.15) is 11.5 Å². The van der Waals surface area contributed by atoms with Crippen molar-refractivity contribution in [3.8, 4) is 0 Å². The molecule has 0 radical (unpaired) electrons. The van der Waals surface area contributed by atoms with E-state index in [4.69, 9.17) is 0 Å². The van der Waals surface area contributed by atoms with Crippen LogP contribution in [-0.4, -0.2) is 15.0 Å². The van der Waals surface area contributed by atoms with Gasteiger partial charge in [0, 0.05) is 36.0 Å². The van der Waals surface area contributed by atoms with Crippen molar-refractivity contribution in [1.82, 2.24) is 15.0 Å². The van der Waals surface area contributed by atoms with Crippen LogP contribution in [0.5, 0.6) is 0 Å². The third-order valence-corrected chi connectivity index (χ3v) is 2.85. The monoisotopic (exact) mass is 245 g/mol. The van der Waals surface area contributed by atoms with Gasteiger partial charge in [-0.2, -0.15) is 4.39 Å². The van der Waals surface area contributed by atoms with Crippen molar-refractivity contribution in [3.63, 3.8) is 0 Å². The Morgan fingerprint density at radius 1 is 1.11 bits per heavy atom. The van der Waals surface area contributed by atoms with Gasteiger partial charge in [0.2, 0.25) is 5.95 Å². The second-order valence-corrected chi connectivity index (χ2v) is 3.95. The first-order valence-electron chi connectivity index (χ1n) is 5.45. The summed E-state index contributed by atoms with van der Waals surface area (Å²) in [4.78, 5) is 10.6. The Hall–Kier alpha value is -2.30. The zero-order chi connectivity index (χ0) is 12.5. The molecular weight excluding hydrogens is 236 g/mol. The predicted octanol–water partition coefficient (Wildman–Crippen LogP) is 2.83. The molecule has 1 N–H and O–H groups in total. The molecule has 0 atom stereocenters. The number of fused-ring (bicyclic) bond motifs is 1. The zero-order valence-corrected chi connectivity index (χ0v) is 9.32. The smallest absolute Gasteiger partial charge is 0.219 e. The van der Waals surface area contributed by atoms with E-state index in [0.29, 0.717) is 5.65 Å². The van der Waals surface area contributed by atoms with Gasteiger partial charge in [0.25, 0.3) is 0 Å². The van der Waals surface area contributed by atoms with Gasteiger partial charge in [0.15, 0.2) is 0 Å². The van der Waals surface area contributed by atoms with E-state index in [2.05, 4.69) is 15.0 Å². The van der Waals surface area contributed by atoms with Gasteiger partial charge < -0.3 is 4.98 Å². The van der Waals surface area contributed by atoms with Crippen LogP contribution < -0.4 is 0 Å². The van der Waals surface area contributed by atoms with Crippen molar-refractivity contribution in [3.05, 3.63) is 59.7 Å². The molecule has 3 nitrogen and oxygen atoms in total. The quantitative estimate of drug-likeness (QED) is 0.705. The molecule has 0 aromatic carbocycles. The van der Waals surface area contributed by atoms with Gasteiger partial charge in [0.05, 0.1) is 0 Å². The van der Waals surface area contributed by atoms with Crippen LogP contribution >= 0.6 is 0 Å². The van der Waals surface area contributed by atoms with Crippen LogP contribution in [0.25, 0.3) is 11.0 Å². The molecule has 3 heterocycles. The number of nitrogens with zero attached hydrogens (tertiary/aromatic N) is 2. The van der Waals surface area contributed by atoms with Crippen molar-refractivity contribution in [2.24, 2.45) is 0 Å². The molecular formula is C13H9F2N3. The minimum absolute atomic E-state index is 0.0257. The van der Waals surface area contributed by atoms with E-state index in [1.165, 1.54) is 0 Å². The first kappa shape index (κ1) is 10.8. The molecule has 0 aliphatic rings. The Bertz CT molecular complexity index is 686. The van der Waals surface area contributed by atoms with Crippen molar-refractivity contribution >= 4 is 11.0 Å². The number of rotatable bonds is 2. The third-order valence-electron chi connectivity index (χ3n) is 2.85. The number of pyridine rings is 2. The normalized spacial score (nSPS) is 11.0. The number of halogens is 2. The highest BCUT2D eigenvalue weighted by Crippen LogP contribution is 2.21. The van der Waals surface area contributed by atoms with E-state index in [1.807, 2.05) is 6.07 Å². The summed E-state index contributed by atoms with van der Waals surface area (Å²) in [5.74, 6) is -1.35. The minimum Gasteiger partial charge on any atom is -0.346 e. The molecule has 90 valence electrons. The maximum Gasteiger partial charge on any atom is 0.219 e. The van der Waals surface area contributed by atoms with Gasteiger partial charge in [-0.05, 0) is 23.8 Å². The van der Waals surface area contributed by atoms with E-state index >= 15 is 0 Å². The Morgan fingerprint density at radius 3 is 2.83 bits per heavy atom. The number of nitrogens with one attached hydrogen (secondary N) is 1. The molecule has 0 aliphatic heterocycles. The number of hydrogen-bond donors (Lipinski definition) is 1. The van der Waals surface area contributed by atoms with Crippen LogP contribution in [0.15, 0.2) is 36.8 Å². The number of hydrogen-bond acceptors (Lipinski definition) is 2. The summed E-state index contributed by atoms with van der Waals surface area (Å²) in [5, 5.41) is 0.861. The highest BCUT2D eigenvalue weighted by Gasteiger charge is 2.13. The maximum absolute atomic E-state index is 13.5. The molecule has 3 aromatic heterocycles. The Balaban J connectivity index is 2.07. The number of aromatic nitrogens is 3. The third kappa shape index (κ3) is 1.73. The van der Waals surface area contributed by atoms with Gasteiger partial charge >= 0.3 is 0 Å². The average Bonchev–Trinajstić information content (AvgIpc) is 2.77. The summed E-state index contributed by atoms with van der Waals surface area (Å²) in [6, 6.07) is 4.81. The van der Waals surface area contributed by atoms with Crippen LogP contribution in [0.2, 0.25) is 0 Å². The molecule has 3 rings (SSSR count). The molecule has 0 saturated carbocycles. The lowest BCUT2D eigenvalue weighted by molar-refractivity contribution is 0.531. The second kappa shape index (κ2) is 4.18. The maximum atomic E-state index is 13.5. The van der Waals surface area contributed by atoms with E-state index in [0.717, 1.165) is 23.2 Å². The Kier molecular flexibility index (Phi) is 2.51. The van der Waals surface area contributed by atoms with Gasteiger partial charge in [-0.15, -0.1) is 0 Å². The number of H-pyrrole nitrogens is 1. The van der Waals surface area contributed by atoms with Crippen molar-refractivity contribution in [2.75, 3.05) is 0 Å². The fourth-order valence-electron chi connectivity index (χ4n) is 1.95. The molecule has 0 aliphatic carbocycles. The van der Waals surface area contributed by atoms with Crippen LogP contribution in [0.1, 0.15) is 11.1 Å². The average molecular weight is 245 g/mol. The minimum atomic E-state index is -0.770. The van der Waals surface area contributed by atoms with Crippen LogP contribution in [-0.2, 0) is 6.42 Å². The fourth-order valence-corrected chi connectivity index (χ4v) is 1.95. The van der Waals surface area contributed by atoms with E-state index in [9.17, 15) is 8.78 Å². The molecule has 5 heteroatoms. The standard InChI is InChI=1S/C13H9F2N3/c14-11-3-5-16-12(15)10(11)6-8-7-18-13-9(8)2-1-4-17-13/h1-5,7H,6H2,(H,17,18). The fraction of sp³-hybridized carbons (Fsp3) is 0.0769. The van der Waals surface area contributed by atoms with Crippen molar-refractivity contribution in [2.45, 2.75) is 6.42 Å². The lowest BCUT2D eigenvalue weighted by Crippen LogP contribution is -1.99. The van der Waals surface area contributed by atoms with E-state index < -0.39 is 11.8 Å². The number of aromatic amines is 1. The molecule has 18 heavy (non-hydrogen) atoms. The summed E-state index contributed by atoms with van der Waals surface area (Å²) in [5.41, 5.74) is 1.48. The lowest BCUT2D eigenvalue weighted by atomic mass is 10.1. The van der Waals surface area contributed by atoms with E-state index in [1.54, 1.807) is 18.5 Å². The summed E-state index contributed by atoms with van der Waals surface area (Å²) in [6.07, 6.45) is 4.64. The Labute approximate surface area is 102 Å². The van der Waals surface area contributed by atoms with Crippen LogP contribution in [0, 0.1) is 11.8 Å². The summed E-state index contributed by atoms with van der Waals surface area (Å²) in [6.45, 7) is 0. The molecule has 3 aromatic rings. The zero-order valence-electron chi connectivity index (χ0n) is 9.32. The van der Waals surface area contributed by atoms with E-state index in [-0.39, 0.29) is 12.0 Å². The van der Waals surface area contributed by atoms with Crippen molar-refractivity contribution < 1.29 is 8.78 Å². The second-order valence-electron chi connectivity index (χ2n) is 3.95. The van der Waals surface area contributed by atoms with Crippen LogP contribution in [0.3, 0.4) is 0 Å². The molecule has 0 fully saturated rings. The van der Waals surface area contributed by atoms with Gasteiger partial charge in [-0.1, -0.05) is 0 Å². The van der Waals surface area contributed by atoms with Crippen LogP contribution in [0.4, 0.5) is 8.78 Å².